The molecule has 1 aliphatic rings. The van der Waals surface area contributed by atoms with E-state index in [1.165, 1.54) is 31.4 Å². The van der Waals surface area contributed by atoms with Crippen LogP contribution in [0.5, 0.6) is 23.0 Å². The van der Waals surface area contributed by atoms with Crippen molar-refractivity contribution in [3.8, 4) is 23.0 Å². The summed E-state index contributed by atoms with van der Waals surface area (Å²) in [6, 6.07) is 7.78. The van der Waals surface area contributed by atoms with Crippen molar-refractivity contribution in [1.82, 2.24) is 5.32 Å². The van der Waals surface area contributed by atoms with Crippen molar-refractivity contribution in [3.05, 3.63) is 53.1 Å². The van der Waals surface area contributed by atoms with Crippen LogP contribution >= 0.6 is 0 Å². The van der Waals surface area contributed by atoms with Crippen LogP contribution in [0.25, 0.3) is 5.70 Å². The van der Waals surface area contributed by atoms with E-state index < -0.39 is 6.61 Å². The highest BCUT2D eigenvalue weighted by molar-refractivity contribution is 6.09. The molecule has 1 N–H and O–H groups in total. The Morgan fingerprint density at radius 2 is 1.66 bits per heavy atom. The van der Waals surface area contributed by atoms with Crippen molar-refractivity contribution >= 4 is 11.5 Å². The number of rotatable bonds is 7. The zero-order valence-electron chi connectivity index (χ0n) is 16.3. The molecule has 0 radical (unpaired) electrons. The number of hydrogen-bond donors (Lipinski definition) is 1. The molecule has 0 saturated heterocycles. The number of methoxy groups -OCH3 is 3. The van der Waals surface area contributed by atoms with Gasteiger partial charge in [0.05, 0.1) is 21.3 Å². The number of fused-ring (bicyclic) bond motifs is 1. The molecule has 0 bridgehead atoms. The highest BCUT2D eigenvalue weighted by Gasteiger charge is 2.20. The fourth-order valence-corrected chi connectivity index (χ4v) is 3.16. The molecule has 154 valence electrons. The maximum atomic E-state index is 12.8. The van der Waals surface area contributed by atoms with E-state index in [0.29, 0.717) is 23.7 Å². The first-order valence-electron chi connectivity index (χ1n) is 8.84. The summed E-state index contributed by atoms with van der Waals surface area (Å²) in [5.41, 5.74) is 2.79. The van der Waals surface area contributed by atoms with Crippen LogP contribution in [0.15, 0.2) is 36.4 Å². The molecule has 8 heteroatoms. The number of allylic oxidation sites excluding steroid dienone is 1. The predicted octanol–water partition coefficient (Wildman–Crippen LogP) is 3.68. The van der Waals surface area contributed by atoms with Gasteiger partial charge in [0.15, 0.2) is 28.8 Å². The zero-order chi connectivity index (χ0) is 21.0. The fourth-order valence-electron chi connectivity index (χ4n) is 3.16. The van der Waals surface area contributed by atoms with Gasteiger partial charge in [-0.15, -0.1) is 0 Å². The summed E-state index contributed by atoms with van der Waals surface area (Å²) in [7, 11) is 4.43. The average Bonchev–Trinajstić information content (AvgIpc) is 2.72. The van der Waals surface area contributed by atoms with E-state index in [2.05, 4.69) is 10.1 Å². The molecule has 3 rings (SSSR count). The smallest absolute Gasteiger partial charge is 0.387 e. The molecule has 2 aromatic carbocycles. The molecule has 2 aromatic rings. The third-order valence-corrected chi connectivity index (χ3v) is 4.55. The van der Waals surface area contributed by atoms with Crippen molar-refractivity contribution in [3.63, 3.8) is 0 Å². The van der Waals surface area contributed by atoms with E-state index >= 15 is 0 Å². The molecule has 1 aliphatic heterocycles. The molecule has 0 fully saturated rings. The Labute approximate surface area is 167 Å². The number of carbonyl (C=O) groups excluding carboxylic acids is 1. The number of carbonyl (C=O) groups is 1. The van der Waals surface area contributed by atoms with Crippen LogP contribution in [0.3, 0.4) is 0 Å². The summed E-state index contributed by atoms with van der Waals surface area (Å²) in [4.78, 5) is 12.8. The number of hydrogen-bond acceptors (Lipinski definition) is 6. The Bertz CT molecular complexity index is 943. The van der Waals surface area contributed by atoms with Gasteiger partial charge in [0, 0.05) is 29.4 Å². The number of alkyl halides is 2. The Balaban J connectivity index is 1.94. The molecule has 0 aliphatic carbocycles. The minimum Gasteiger partial charge on any atom is -0.493 e. The lowest BCUT2D eigenvalue weighted by molar-refractivity contribution is -0.0512. The summed E-state index contributed by atoms with van der Waals surface area (Å²) < 4.78 is 45.1. The number of halogens is 2. The predicted molar refractivity (Wildman–Crippen MR) is 103 cm³/mol. The number of ketones is 1. The maximum Gasteiger partial charge on any atom is 0.387 e. The molecule has 0 unspecified atom stereocenters. The zero-order valence-corrected chi connectivity index (χ0v) is 16.3. The largest absolute Gasteiger partial charge is 0.493 e. The van der Waals surface area contributed by atoms with Gasteiger partial charge in [-0.25, -0.2) is 0 Å². The highest BCUT2D eigenvalue weighted by Crippen LogP contribution is 2.35. The number of ether oxygens (including phenoxy) is 4. The van der Waals surface area contributed by atoms with Crippen LogP contribution in [0, 0.1) is 0 Å². The van der Waals surface area contributed by atoms with Gasteiger partial charge in [0.25, 0.3) is 0 Å². The molecule has 0 aromatic heterocycles. The van der Waals surface area contributed by atoms with Gasteiger partial charge < -0.3 is 24.3 Å². The molecule has 0 atom stereocenters. The van der Waals surface area contributed by atoms with E-state index in [9.17, 15) is 13.6 Å². The Morgan fingerprint density at radius 3 is 2.31 bits per heavy atom. The molecule has 1 heterocycles. The number of nitrogens with one attached hydrogen (secondary N) is 1. The van der Waals surface area contributed by atoms with Gasteiger partial charge in [-0.05, 0) is 42.3 Å². The van der Waals surface area contributed by atoms with Crippen LogP contribution in [0.4, 0.5) is 8.78 Å². The van der Waals surface area contributed by atoms with E-state index in [4.69, 9.17) is 14.2 Å². The van der Waals surface area contributed by atoms with Crippen molar-refractivity contribution in [1.29, 1.82) is 0 Å². The van der Waals surface area contributed by atoms with Gasteiger partial charge in [-0.3, -0.25) is 4.79 Å². The maximum absolute atomic E-state index is 12.8. The van der Waals surface area contributed by atoms with Gasteiger partial charge in [-0.1, -0.05) is 0 Å². The second-order valence-corrected chi connectivity index (χ2v) is 6.21. The summed E-state index contributed by atoms with van der Waals surface area (Å²) in [5, 5.41) is 3.22. The topological polar surface area (TPSA) is 66.0 Å². The van der Waals surface area contributed by atoms with Crippen LogP contribution in [0.1, 0.15) is 21.5 Å². The molecular weight excluding hydrogens is 384 g/mol. The van der Waals surface area contributed by atoms with Crippen molar-refractivity contribution in [2.45, 2.75) is 13.0 Å². The Morgan fingerprint density at radius 1 is 1.00 bits per heavy atom. The molecule has 0 saturated carbocycles. The SMILES string of the molecule is COc1cc2c(cc1OC)C(=CC(=O)c1ccc(OC(F)F)c(OC)c1)NCC2. The van der Waals surface area contributed by atoms with E-state index in [-0.39, 0.29) is 22.8 Å². The first-order chi connectivity index (χ1) is 14.0. The Hall–Kier alpha value is -3.29. The second kappa shape index (κ2) is 8.81. The standard InChI is InChI=1S/C21H21F2NO5/c1-26-18-9-13(4-5-17(18)29-21(22)23)16(25)11-15-14-10-20(28-3)19(27-2)8-12(14)6-7-24-15/h4-5,8-11,21,24H,6-7H2,1-3H3. The van der Waals surface area contributed by atoms with Gasteiger partial charge in [-0.2, -0.15) is 8.78 Å². The summed E-state index contributed by atoms with van der Waals surface area (Å²) in [6.45, 7) is -2.32. The van der Waals surface area contributed by atoms with Crippen molar-refractivity contribution in [2.24, 2.45) is 0 Å². The molecule has 0 amide bonds. The fraction of sp³-hybridized carbons (Fsp3) is 0.286. The monoisotopic (exact) mass is 405 g/mol. The van der Waals surface area contributed by atoms with Gasteiger partial charge >= 0.3 is 6.61 Å². The van der Waals surface area contributed by atoms with E-state index in [1.807, 2.05) is 12.1 Å². The van der Waals surface area contributed by atoms with Crippen LogP contribution in [0.2, 0.25) is 0 Å². The van der Waals surface area contributed by atoms with Crippen molar-refractivity contribution < 1.29 is 32.5 Å². The van der Waals surface area contributed by atoms with Crippen LogP contribution in [-0.4, -0.2) is 40.3 Å². The average molecular weight is 405 g/mol. The van der Waals surface area contributed by atoms with Crippen LogP contribution in [-0.2, 0) is 6.42 Å². The molecular formula is C21H21F2NO5. The lowest BCUT2D eigenvalue weighted by atomic mass is 9.95. The second-order valence-electron chi connectivity index (χ2n) is 6.21. The van der Waals surface area contributed by atoms with E-state index in [1.54, 1.807) is 14.2 Å². The molecule has 29 heavy (non-hydrogen) atoms. The quantitative estimate of drug-likeness (QED) is 0.560. The molecule has 6 nitrogen and oxygen atoms in total. The third kappa shape index (κ3) is 4.42. The molecule has 0 spiro atoms. The third-order valence-electron chi connectivity index (χ3n) is 4.55. The van der Waals surface area contributed by atoms with Gasteiger partial charge in [0.1, 0.15) is 0 Å². The Kier molecular flexibility index (Phi) is 6.21. The lowest BCUT2D eigenvalue weighted by Crippen LogP contribution is -2.23. The minimum atomic E-state index is -2.98. The van der Waals surface area contributed by atoms with Crippen molar-refractivity contribution in [2.75, 3.05) is 27.9 Å². The summed E-state index contributed by atoms with van der Waals surface area (Å²) in [6.07, 6.45) is 2.24. The minimum absolute atomic E-state index is 0.0537. The van der Waals surface area contributed by atoms with E-state index in [0.717, 1.165) is 17.5 Å². The summed E-state index contributed by atoms with van der Waals surface area (Å²) >= 11 is 0. The summed E-state index contributed by atoms with van der Waals surface area (Å²) in [5.74, 6) is 0.793. The lowest BCUT2D eigenvalue weighted by Gasteiger charge is -2.23. The number of benzene rings is 2. The van der Waals surface area contributed by atoms with Crippen LogP contribution < -0.4 is 24.3 Å². The first-order valence-corrected chi connectivity index (χ1v) is 8.84. The normalized spacial score (nSPS) is 14.2. The van der Waals surface area contributed by atoms with Gasteiger partial charge in [0.2, 0.25) is 0 Å². The highest BCUT2D eigenvalue weighted by atomic mass is 19.3. The first kappa shape index (κ1) is 20.4.